The predicted octanol–water partition coefficient (Wildman–Crippen LogP) is 4.17. The molecule has 2 aromatic carbocycles. The van der Waals surface area contributed by atoms with E-state index in [9.17, 15) is 14.9 Å². The van der Waals surface area contributed by atoms with Gasteiger partial charge in [-0.15, -0.1) is 0 Å². The van der Waals surface area contributed by atoms with E-state index in [2.05, 4.69) is 0 Å². The van der Waals surface area contributed by atoms with Crippen LogP contribution in [-0.2, 0) is 9.59 Å². The minimum atomic E-state index is -0.574. The Hall–Kier alpha value is -4.64. The van der Waals surface area contributed by atoms with Crippen molar-refractivity contribution in [3.05, 3.63) is 77.0 Å². The van der Waals surface area contributed by atoms with Gasteiger partial charge in [-0.2, -0.15) is 10.4 Å². The number of amides is 2. The van der Waals surface area contributed by atoms with Gasteiger partial charge in [-0.3, -0.25) is 14.5 Å². The zero-order chi connectivity index (χ0) is 25.1. The number of methoxy groups -OCH3 is 2. The van der Waals surface area contributed by atoms with Crippen molar-refractivity contribution in [1.29, 1.82) is 5.26 Å². The van der Waals surface area contributed by atoms with Crippen LogP contribution >= 0.6 is 0 Å². The van der Waals surface area contributed by atoms with Crippen molar-refractivity contribution in [2.24, 2.45) is 0 Å². The highest BCUT2D eigenvalue weighted by molar-refractivity contribution is 6.19. The number of benzene rings is 2. The average Bonchev–Trinajstić information content (AvgIpc) is 3.31. The first kappa shape index (κ1) is 23.5. The highest BCUT2D eigenvalue weighted by Gasteiger charge is 2.34. The SMILES string of the molecule is CCN1C(=O)C(C#N)=C(C)/C(=C\c2cn(-c3ccccc3)nc2-c2ccc(OC)c(OC)c2)C1=O. The lowest BCUT2D eigenvalue weighted by Crippen LogP contribution is -2.42. The fourth-order valence-electron chi connectivity index (χ4n) is 3.99. The molecule has 8 heteroatoms. The summed E-state index contributed by atoms with van der Waals surface area (Å²) in [6.45, 7) is 3.48. The number of nitrogens with zero attached hydrogens (tertiary/aromatic N) is 4. The van der Waals surface area contributed by atoms with Crippen LogP contribution in [0.2, 0.25) is 0 Å². The van der Waals surface area contributed by atoms with Crippen LogP contribution in [0.1, 0.15) is 19.4 Å². The van der Waals surface area contributed by atoms with E-state index in [1.807, 2.05) is 54.7 Å². The van der Waals surface area contributed by atoms with Gasteiger partial charge in [0.05, 0.1) is 19.9 Å². The van der Waals surface area contributed by atoms with Crippen molar-refractivity contribution in [3.8, 4) is 34.5 Å². The molecule has 1 aliphatic rings. The molecule has 0 N–H and O–H groups in total. The zero-order valence-electron chi connectivity index (χ0n) is 19.9. The maximum absolute atomic E-state index is 13.2. The Morgan fingerprint density at radius 3 is 2.37 bits per heavy atom. The Labute approximate surface area is 203 Å². The van der Waals surface area contributed by atoms with Crippen LogP contribution in [0.4, 0.5) is 0 Å². The Kier molecular flexibility index (Phi) is 6.51. The molecule has 1 aliphatic heterocycles. The number of imide groups is 1. The first-order valence-electron chi connectivity index (χ1n) is 11.0. The molecule has 2 heterocycles. The molecule has 8 nitrogen and oxygen atoms in total. The highest BCUT2D eigenvalue weighted by atomic mass is 16.5. The number of para-hydroxylation sites is 1. The van der Waals surface area contributed by atoms with E-state index in [1.165, 1.54) is 0 Å². The molecule has 0 fully saturated rings. The third kappa shape index (κ3) is 4.20. The third-order valence-electron chi connectivity index (χ3n) is 5.86. The summed E-state index contributed by atoms with van der Waals surface area (Å²) in [4.78, 5) is 26.8. The fraction of sp³-hybridized carbons (Fsp3) is 0.185. The smallest absolute Gasteiger partial charge is 0.271 e. The normalized spacial score (nSPS) is 14.9. The summed E-state index contributed by atoms with van der Waals surface area (Å²) in [5, 5.41) is 14.4. The molecule has 0 saturated heterocycles. The molecular weight excluding hydrogens is 444 g/mol. The molecule has 0 saturated carbocycles. The predicted molar refractivity (Wildman–Crippen MR) is 131 cm³/mol. The molecule has 35 heavy (non-hydrogen) atoms. The molecule has 0 aliphatic carbocycles. The van der Waals surface area contributed by atoms with Crippen molar-refractivity contribution in [1.82, 2.24) is 14.7 Å². The van der Waals surface area contributed by atoms with Crippen LogP contribution in [0.15, 0.2) is 71.4 Å². The minimum Gasteiger partial charge on any atom is -0.493 e. The summed E-state index contributed by atoms with van der Waals surface area (Å²) in [6, 6.07) is 17.0. The van der Waals surface area contributed by atoms with Crippen molar-refractivity contribution < 1.29 is 19.1 Å². The molecule has 0 atom stereocenters. The molecule has 176 valence electrons. The Morgan fingerprint density at radius 2 is 1.74 bits per heavy atom. The quantitative estimate of drug-likeness (QED) is 0.398. The number of rotatable bonds is 6. The molecule has 0 spiro atoms. The van der Waals surface area contributed by atoms with E-state index >= 15 is 0 Å². The molecule has 0 unspecified atom stereocenters. The van der Waals surface area contributed by atoms with Gasteiger partial charge in [0.15, 0.2) is 11.5 Å². The number of likely N-dealkylation sites (N-methyl/N-ethyl adjacent to an activating group) is 1. The molecule has 0 bridgehead atoms. The van der Waals surface area contributed by atoms with Gasteiger partial charge in [0, 0.05) is 29.4 Å². The van der Waals surface area contributed by atoms with Gasteiger partial charge >= 0.3 is 0 Å². The Bertz CT molecular complexity index is 1410. The lowest BCUT2D eigenvalue weighted by Gasteiger charge is -2.26. The first-order chi connectivity index (χ1) is 16.9. The summed E-state index contributed by atoms with van der Waals surface area (Å²) in [5.41, 5.74) is 3.41. The van der Waals surface area contributed by atoms with E-state index in [0.717, 1.165) is 16.2 Å². The standard InChI is InChI=1S/C27H24N4O4/c1-5-30-26(32)21(17(2)22(15-28)27(30)33)13-19-16-31(20-9-7-6-8-10-20)29-25(19)18-11-12-23(34-3)24(14-18)35-4/h6-14,16H,5H2,1-4H3/b21-13+. The van der Waals surface area contributed by atoms with Crippen molar-refractivity contribution >= 4 is 17.9 Å². The van der Waals surface area contributed by atoms with E-state index in [1.54, 1.807) is 44.9 Å². The summed E-state index contributed by atoms with van der Waals surface area (Å²) >= 11 is 0. The first-order valence-corrected chi connectivity index (χ1v) is 11.0. The lowest BCUT2D eigenvalue weighted by atomic mass is 9.93. The van der Waals surface area contributed by atoms with Crippen LogP contribution in [0.3, 0.4) is 0 Å². The summed E-state index contributed by atoms with van der Waals surface area (Å²) in [6.07, 6.45) is 3.50. The van der Waals surface area contributed by atoms with Crippen LogP contribution in [0.5, 0.6) is 11.5 Å². The van der Waals surface area contributed by atoms with Gasteiger partial charge in [-0.1, -0.05) is 18.2 Å². The number of carbonyl (C=O) groups is 2. The van der Waals surface area contributed by atoms with Gasteiger partial charge in [0.25, 0.3) is 11.8 Å². The maximum Gasteiger partial charge on any atom is 0.271 e. The van der Waals surface area contributed by atoms with E-state index in [4.69, 9.17) is 14.6 Å². The second-order valence-corrected chi connectivity index (χ2v) is 7.81. The van der Waals surface area contributed by atoms with Crippen LogP contribution in [-0.4, -0.2) is 47.3 Å². The second-order valence-electron chi connectivity index (χ2n) is 7.81. The molecule has 3 aromatic rings. The molecule has 0 radical (unpaired) electrons. The van der Waals surface area contributed by atoms with Gasteiger partial charge in [-0.25, -0.2) is 4.68 Å². The van der Waals surface area contributed by atoms with E-state index in [-0.39, 0.29) is 17.7 Å². The van der Waals surface area contributed by atoms with Crippen molar-refractivity contribution in [3.63, 3.8) is 0 Å². The average molecular weight is 469 g/mol. The minimum absolute atomic E-state index is 0.0409. The summed E-state index contributed by atoms with van der Waals surface area (Å²) in [5.74, 6) is 0.0994. The van der Waals surface area contributed by atoms with E-state index in [0.29, 0.717) is 28.3 Å². The number of hydrogen-bond acceptors (Lipinski definition) is 6. The summed E-state index contributed by atoms with van der Waals surface area (Å²) < 4.78 is 12.5. The highest BCUT2D eigenvalue weighted by Crippen LogP contribution is 2.35. The fourth-order valence-corrected chi connectivity index (χ4v) is 3.99. The van der Waals surface area contributed by atoms with Crippen LogP contribution < -0.4 is 9.47 Å². The topological polar surface area (TPSA) is 97.5 Å². The van der Waals surface area contributed by atoms with Gasteiger partial charge in [0.2, 0.25) is 0 Å². The molecule has 2 amide bonds. The van der Waals surface area contributed by atoms with Crippen LogP contribution in [0, 0.1) is 11.3 Å². The maximum atomic E-state index is 13.2. The number of aromatic nitrogens is 2. The molecular formula is C27H24N4O4. The lowest BCUT2D eigenvalue weighted by molar-refractivity contribution is -0.140. The number of ether oxygens (including phenoxy) is 2. The number of carbonyl (C=O) groups excluding carboxylic acids is 2. The van der Waals surface area contributed by atoms with Crippen molar-refractivity contribution in [2.45, 2.75) is 13.8 Å². The van der Waals surface area contributed by atoms with Gasteiger partial charge in [0.1, 0.15) is 17.3 Å². The summed E-state index contributed by atoms with van der Waals surface area (Å²) in [7, 11) is 3.12. The second kappa shape index (κ2) is 9.69. The van der Waals surface area contributed by atoms with E-state index < -0.39 is 11.8 Å². The van der Waals surface area contributed by atoms with Gasteiger partial charge in [-0.05, 0) is 55.8 Å². The van der Waals surface area contributed by atoms with Crippen LogP contribution in [0.25, 0.3) is 23.0 Å². The third-order valence-corrected chi connectivity index (χ3v) is 5.86. The number of hydrogen-bond donors (Lipinski definition) is 0. The van der Waals surface area contributed by atoms with Crippen molar-refractivity contribution in [2.75, 3.05) is 20.8 Å². The monoisotopic (exact) mass is 468 g/mol. The molecule has 4 rings (SSSR count). The zero-order valence-corrected chi connectivity index (χ0v) is 19.9. The largest absolute Gasteiger partial charge is 0.493 e. The van der Waals surface area contributed by atoms with Gasteiger partial charge < -0.3 is 9.47 Å². The Morgan fingerprint density at radius 1 is 1.03 bits per heavy atom. The molecule has 1 aromatic heterocycles. The number of nitriles is 1. The Balaban J connectivity index is 1.95.